The van der Waals surface area contributed by atoms with E-state index in [2.05, 4.69) is 10.3 Å². The van der Waals surface area contributed by atoms with Crippen LogP contribution in [-0.4, -0.2) is 38.3 Å². The maximum atomic E-state index is 11.7. The Morgan fingerprint density at radius 2 is 2.38 bits per heavy atom. The average Bonchev–Trinajstić information content (AvgIpc) is 2.86. The van der Waals surface area contributed by atoms with Gasteiger partial charge < -0.3 is 5.73 Å². The van der Waals surface area contributed by atoms with E-state index >= 15 is 0 Å². The van der Waals surface area contributed by atoms with Crippen molar-refractivity contribution in [2.24, 2.45) is 5.73 Å². The highest BCUT2D eigenvalue weighted by molar-refractivity contribution is 5.96. The summed E-state index contributed by atoms with van der Waals surface area (Å²) in [4.78, 5) is 24.3. The van der Waals surface area contributed by atoms with E-state index in [9.17, 15) is 9.59 Å². The van der Waals surface area contributed by atoms with Crippen LogP contribution in [0.1, 0.15) is 18.5 Å². The summed E-state index contributed by atoms with van der Waals surface area (Å²) in [5.41, 5.74) is 6.00. The number of carbonyl (C=O) groups excluding carboxylic acids is 2. The molecule has 0 unspecified atom stereocenters. The van der Waals surface area contributed by atoms with E-state index < -0.39 is 0 Å². The number of nitrogens with two attached hydrogens (primary N) is 1. The Kier molecular flexibility index (Phi) is 2.95. The first kappa shape index (κ1) is 10.7. The fraction of sp³-hybridized carbons (Fsp3) is 0.556. The number of amides is 2. The SMILES string of the molecule is NCc1cn(CC(=O)N2CCCC2=O)nn1. The molecular weight excluding hydrogens is 210 g/mol. The molecule has 2 rings (SSSR count). The second-order valence-corrected chi connectivity index (χ2v) is 3.65. The van der Waals surface area contributed by atoms with E-state index in [0.717, 1.165) is 6.42 Å². The molecule has 2 amide bonds. The Bertz CT molecular complexity index is 414. The molecule has 2 heterocycles. The number of hydrogen-bond donors (Lipinski definition) is 1. The molecule has 1 aromatic rings. The fourth-order valence-electron chi connectivity index (χ4n) is 1.65. The predicted octanol–water partition coefficient (Wildman–Crippen LogP) is -1.11. The maximum absolute atomic E-state index is 11.7. The molecule has 0 spiro atoms. The minimum absolute atomic E-state index is 0.0404. The van der Waals surface area contributed by atoms with Crippen molar-refractivity contribution < 1.29 is 9.59 Å². The zero-order valence-corrected chi connectivity index (χ0v) is 8.80. The molecule has 0 aliphatic carbocycles. The topological polar surface area (TPSA) is 94.1 Å². The first-order valence-electron chi connectivity index (χ1n) is 5.13. The number of likely N-dealkylation sites (tertiary alicyclic amines) is 1. The monoisotopic (exact) mass is 223 g/mol. The Morgan fingerprint density at radius 1 is 1.56 bits per heavy atom. The molecule has 0 radical (unpaired) electrons. The third-order valence-corrected chi connectivity index (χ3v) is 2.47. The van der Waals surface area contributed by atoms with Crippen LogP contribution in [-0.2, 0) is 22.7 Å². The van der Waals surface area contributed by atoms with Gasteiger partial charge in [0, 0.05) is 19.5 Å². The zero-order chi connectivity index (χ0) is 11.5. The molecule has 0 bridgehead atoms. The van der Waals surface area contributed by atoms with E-state index in [1.807, 2.05) is 0 Å². The van der Waals surface area contributed by atoms with Gasteiger partial charge >= 0.3 is 0 Å². The smallest absolute Gasteiger partial charge is 0.250 e. The van der Waals surface area contributed by atoms with Crippen LogP contribution in [0.15, 0.2) is 6.20 Å². The minimum Gasteiger partial charge on any atom is -0.325 e. The Balaban J connectivity index is 1.99. The molecule has 0 saturated carbocycles. The molecule has 1 aliphatic heterocycles. The lowest BCUT2D eigenvalue weighted by Gasteiger charge is -2.12. The standard InChI is InChI=1S/C9H13N5O2/c10-4-7-5-13(12-11-7)6-9(16)14-3-1-2-8(14)15/h5H,1-4,6,10H2. The lowest BCUT2D eigenvalue weighted by molar-refractivity contribution is -0.142. The summed E-state index contributed by atoms with van der Waals surface area (Å²) in [6.45, 7) is 0.839. The lowest BCUT2D eigenvalue weighted by Crippen LogP contribution is -2.34. The van der Waals surface area contributed by atoms with Gasteiger partial charge in [-0.15, -0.1) is 5.10 Å². The maximum Gasteiger partial charge on any atom is 0.250 e. The van der Waals surface area contributed by atoms with E-state index in [4.69, 9.17) is 5.73 Å². The van der Waals surface area contributed by atoms with Gasteiger partial charge in [-0.3, -0.25) is 14.5 Å². The molecule has 7 nitrogen and oxygen atoms in total. The van der Waals surface area contributed by atoms with Crippen molar-refractivity contribution in [2.75, 3.05) is 6.54 Å². The predicted molar refractivity (Wildman–Crippen MR) is 53.9 cm³/mol. The summed E-state index contributed by atoms with van der Waals surface area (Å²) in [5.74, 6) is -0.347. The van der Waals surface area contributed by atoms with Crippen LogP contribution in [0.4, 0.5) is 0 Å². The van der Waals surface area contributed by atoms with Crippen molar-refractivity contribution in [1.29, 1.82) is 0 Å². The summed E-state index contributed by atoms with van der Waals surface area (Å²) < 4.78 is 1.40. The third kappa shape index (κ3) is 2.08. The van der Waals surface area contributed by atoms with Crippen LogP contribution in [0.2, 0.25) is 0 Å². The van der Waals surface area contributed by atoms with Crippen LogP contribution in [0.25, 0.3) is 0 Å². The van der Waals surface area contributed by atoms with E-state index in [1.54, 1.807) is 6.20 Å². The summed E-state index contributed by atoms with van der Waals surface area (Å²) >= 11 is 0. The van der Waals surface area contributed by atoms with Crippen LogP contribution in [0.5, 0.6) is 0 Å². The lowest BCUT2D eigenvalue weighted by atomic mass is 10.4. The average molecular weight is 223 g/mol. The normalized spacial score (nSPS) is 15.8. The highest BCUT2D eigenvalue weighted by Crippen LogP contribution is 2.10. The number of rotatable bonds is 3. The molecule has 7 heteroatoms. The summed E-state index contributed by atoms with van der Waals surface area (Å²) in [6.07, 6.45) is 2.81. The zero-order valence-electron chi connectivity index (χ0n) is 8.80. The Labute approximate surface area is 92.2 Å². The van der Waals surface area contributed by atoms with Crippen molar-refractivity contribution in [2.45, 2.75) is 25.9 Å². The number of carbonyl (C=O) groups is 2. The first-order chi connectivity index (χ1) is 7.70. The third-order valence-electron chi connectivity index (χ3n) is 2.47. The van der Waals surface area contributed by atoms with Crippen LogP contribution >= 0.6 is 0 Å². The number of imide groups is 1. The van der Waals surface area contributed by atoms with Crippen molar-refractivity contribution in [3.05, 3.63) is 11.9 Å². The van der Waals surface area contributed by atoms with Crippen molar-refractivity contribution in [1.82, 2.24) is 19.9 Å². The molecule has 0 aromatic carbocycles. The fourth-order valence-corrected chi connectivity index (χ4v) is 1.65. The molecule has 2 N–H and O–H groups in total. The molecule has 0 atom stereocenters. The van der Waals surface area contributed by atoms with Crippen molar-refractivity contribution in [3.63, 3.8) is 0 Å². The molecule has 1 fully saturated rings. The van der Waals surface area contributed by atoms with Gasteiger partial charge in [0.05, 0.1) is 11.9 Å². The van der Waals surface area contributed by atoms with Gasteiger partial charge in [0.25, 0.3) is 5.91 Å². The molecule has 1 aliphatic rings. The highest BCUT2D eigenvalue weighted by Gasteiger charge is 2.26. The van der Waals surface area contributed by atoms with Crippen molar-refractivity contribution >= 4 is 11.8 Å². The van der Waals surface area contributed by atoms with Gasteiger partial charge in [0.1, 0.15) is 6.54 Å². The van der Waals surface area contributed by atoms with Gasteiger partial charge in [0.15, 0.2) is 0 Å². The van der Waals surface area contributed by atoms with Gasteiger partial charge in [-0.1, -0.05) is 5.21 Å². The number of hydrogen-bond acceptors (Lipinski definition) is 5. The second-order valence-electron chi connectivity index (χ2n) is 3.65. The second kappa shape index (κ2) is 4.40. The van der Waals surface area contributed by atoms with Crippen LogP contribution < -0.4 is 5.73 Å². The highest BCUT2D eigenvalue weighted by atomic mass is 16.2. The Morgan fingerprint density at radius 3 is 2.94 bits per heavy atom. The summed E-state index contributed by atoms with van der Waals surface area (Å²) in [6, 6.07) is 0. The van der Waals surface area contributed by atoms with Gasteiger partial charge in [0.2, 0.25) is 5.91 Å². The van der Waals surface area contributed by atoms with Crippen LogP contribution in [0.3, 0.4) is 0 Å². The Hall–Kier alpha value is -1.76. The molecule has 1 saturated heterocycles. The molecule has 86 valence electrons. The van der Waals surface area contributed by atoms with Gasteiger partial charge in [-0.05, 0) is 6.42 Å². The molecular formula is C9H13N5O2. The van der Waals surface area contributed by atoms with Crippen LogP contribution in [0, 0.1) is 0 Å². The van der Waals surface area contributed by atoms with Gasteiger partial charge in [-0.2, -0.15) is 0 Å². The van der Waals surface area contributed by atoms with Gasteiger partial charge in [-0.25, -0.2) is 4.68 Å². The quantitative estimate of drug-likeness (QED) is 0.701. The summed E-state index contributed by atoms with van der Waals surface area (Å²) in [5, 5.41) is 7.52. The molecule has 1 aromatic heterocycles. The molecule has 16 heavy (non-hydrogen) atoms. The number of nitrogens with zero attached hydrogens (tertiary/aromatic N) is 4. The minimum atomic E-state index is -0.240. The van der Waals surface area contributed by atoms with E-state index in [1.165, 1.54) is 9.58 Å². The number of aromatic nitrogens is 3. The van der Waals surface area contributed by atoms with Crippen molar-refractivity contribution in [3.8, 4) is 0 Å². The van der Waals surface area contributed by atoms with E-state index in [0.29, 0.717) is 18.7 Å². The summed E-state index contributed by atoms with van der Waals surface area (Å²) in [7, 11) is 0. The first-order valence-corrected chi connectivity index (χ1v) is 5.13. The van der Waals surface area contributed by atoms with E-state index in [-0.39, 0.29) is 24.9 Å². The largest absolute Gasteiger partial charge is 0.325 e.